The van der Waals surface area contributed by atoms with E-state index in [2.05, 4.69) is 61.3 Å². The number of likely N-dealkylation sites (N-methyl/N-ethyl adjacent to an activating group) is 1. The van der Waals surface area contributed by atoms with Crippen molar-refractivity contribution in [1.82, 2.24) is 0 Å². The van der Waals surface area contributed by atoms with Crippen LogP contribution in [0.1, 0.15) is 45.2 Å². The first-order valence-corrected chi connectivity index (χ1v) is 9.96. The molecule has 0 amide bonds. The zero-order chi connectivity index (χ0) is 19.9. The summed E-state index contributed by atoms with van der Waals surface area (Å²) < 4.78 is 5.34. The van der Waals surface area contributed by atoms with Crippen LogP contribution >= 0.6 is 0 Å². The van der Waals surface area contributed by atoms with Gasteiger partial charge in [-0.05, 0) is 48.6 Å². The Hall–Kier alpha value is -2.75. The maximum Gasteiger partial charge on any atom is 0.163 e. The number of ether oxygens (including phenoxy) is 1. The molecule has 0 radical (unpaired) electrons. The number of nitrogens with one attached hydrogen (secondary N) is 1. The van der Waals surface area contributed by atoms with E-state index in [1.54, 1.807) is 7.11 Å². The van der Waals surface area contributed by atoms with Crippen LogP contribution in [0.3, 0.4) is 0 Å². The van der Waals surface area contributed by atoms with Gasteiger partial charge in [-0.25, -0.2) is 0 Å². The fourth-order valence-corrected chi connectivity index (χ4v) is 4.54. The van der Waals surface area contributed by atoms with Gasteiger partial charge in [-0.2, -0.15) is 0 Å². The molecule has 28 heavy (non-hydrogen) atoms. The van der Waals surface area contributed by atoms with Crippen molar-refractivity contribution in [2.24, 2.45) is 5.41 Å². The molecule has 146 valence electrons. The monoisotopic (exact) mass is 376 g/mol. The molecule has 1 unspecified atom stereocenters. The summed E-state index contributed by atoms with van der Waals surface area (Å²) >= 11 is 0. The maximum absolute atomic E-state index is 13.4. The Morgan fingerprint density at radius 2 is 1.82 bits per heavy atom. The molecule has 0 fully saturated rings. The number of anilines is 2. The van der Waals surface area contributed by atoms with Gasteiger partial charge in [-0.1, -0.05) is 38.1 Å². The first-order chi connectivity index (χ1) is 13.4. The second-order valence-electron chi connectivity index (χ2n) is 8.44. The van der Waals surface area contributed by atoms with Crippen LogP contribution in [0.4, 0.5) is 11.4 Å². The molecule has 2 aromatic rings. The molecule has 1 atom stereocenters. The van der Waals surface area contributed by atoms with E-state index < -0.39 is 0 Å². The smallest absolute Gasteiger partial charge is 0.163 e. The number of Topliss-reactive ketones (excluding diaryl/α,β-unsaturated/α-hetero) is 1. The minimum atomic E-state index is -0.106. The number of ketones is 1. The molecular formula is C24H28N2O2. The predicted octanol–water partition coefficient (Wildman–Crippen LogP) is 5.33. The summed E-state index contributed by atoms with van der Waals surface area (Å²) in [6.45, 7) is 7.30. The van der Waals surface area contributed by atoms with Crippen LogP contribution in [0.25, 0.3) is 0 Å². The summed E-state index contributed by atoms with van der Waals surface area (Å²) in [5.74, 6) is 1.06. The Balaban J connectivity index is 1.93. The molecule has 0 saturated heterocycles. The van der Waals surface area contributed by atoms with Gasteiger partial charge in [-0.15, -0.1) is 0 Å². The lowest BCUT2D eigenvalue weighted by molar-refractivity contribution is -0.118. The molecule has 2 aliphatic rings. The van der Waals surface area contributed by atoms with Gasteiger partial charge < -0.3 is 15.0 Å². The highest BCUT2D eigenvalue weighted by atomic mass is 16.5. The van der Waals surface area contributed by atoms with Crippen molar-refractivity contribution in [1.29, 1.82) is 0 Å². The van der Waals surface area contributed by atoms with Gasteiger partial charge in [-0.3, -0.25) is 4.79 Å². The Kier molecular flexibility index (Phi) is 4.66. The van der Waals surface area contributed by atoms with Gasteiger partial charge in [0, 0.05) is 24.2 Å². The zero-order valence-corrected chi connectivity index (χ0v) is 17.1. The third-order valence-electron chi connectivity index (χ3n) is 5.78. The van der Waals surface area contributed by atoms with Crippen LogP contribution in [-0.2, 0) is 4.79 Å². The van der Waals surface area contributed by atoms with Crippen LogP contribution in [0.15, 0.2) is 59.8 Å². The molecule has 1 heterocycles. The lowest BCUT2D eigenvalue weighted by Crippen LogP contribution is -2.36. The van der Waals surface area contributed by atoms with E-state index in [9.17, 15) is 4.79 Å². The summed E-state index contributed by atoms with van der Waals surface area (Å²) in [6.07, 6.45) is 1.45. The Labute approximate surface area is 167 Å². The van der Waals surface area contributed by atoms with Gasteiger partial charge in [0.25, 0.3) is 0 Å². The topological polar surface area (TPSA) is 41.6 Å². The number of benzene rings is 2. The highest BCUT2D eigenvalue weighted by Gasteiger charge is 2.40. The van der Waals surface area contributed by atoms with Crippen molar-refractivity contribution in [3.63, 3.8) is 0 Å². The van der Waals surface area contributed by atoms with Crippen LogP contribution in [0, 0.1) is 5.41 Å². The standard InChI is InChI=1S/C24H28N2O2/c1-5-26-20-9-7-6-8-18(20)25-19-14-24(2,3)15-21(27)22(19)23(26)16-10-12-17(28-4)13-11-16/h6-13,23,25H,5,14-15H2,1-4H3. The molecule has 0 spiro atoms. The molecule has 0 aromatic heterocycles. The van der Waals surface area contributed by atoms with Crippen LogP contribution in [0.5, 0.6) is 5.75 Å². The van der Waals surface area contributed by atoms with Crippen molar-refractivity contribution in [3.8, 4) is 5.75 Å². The molecular weight excluding hydrogens is 348 g/mol. The summed E-state index contributed by atoms with van der Waals surface area (Å²) in [5, 5.41) is 3.63. The van der Waals surface area contributed by atoms with Gasteiger partial charge in [0.15, 0.2) is 5.78 Å². The molecule has 1 aliphatic carbocycles. The van der Waals surface area contributed by atoms with Gasteiger partial charge in [0.1, 0.15) is 5.75 Å². The Bertz CT molecular complexity index is 928. The number of para-hydroxylation sites is 2. The molecule has 4 nitrogen and oxygen atoms in total. The van der Waals surface area contributed by atoms with Crippen LogP contribution in [-0.4, -0.2) is 19.4 Å². The lowest BCUT2D eigenvalue weighted by Gasteiger charge is -2.37. The van der Waals surface area contributed by atoms with Crippen LogP contribution in [0.2, 0.25) is 0 Å². The van der Waals surface area contributed by atoms with Crippen LogP contribution < -0.4 is 15.0 Å². The second-order valence-corrected chi connectivity index (χ2v) is 8.44. The summed E-state index contributed by atoms with van der Waals surface area (Å²) in [5.41, 5.74) is 5.24. The lowest BCUT2D eigenvalue weighted by atomic mass is 9.73. The Morgan fingerprint density at radius 1 is 1.11 bits per heavy atom. The third kappa shape index (κ3) is 3.17. The van der Waals surface area contributed by atoms with Gasteiger partial charge in [0.2, 0.25) is 0 Å². The van der Waals surface area contributed by atoms with Gasteiger partial charge in [0.05, 0.1) is 24.5 Å². The fourth-order valence-electron chi connectivity index (χ4n) is 4.54. The van der Waals surface area contributed by atoms with Crippen molar-refractivity contribution in [2.75, 3.05) is 23.9 Å². The number of rotatable bonds is 3. The van der Waals surface area contributed by atoms with Crippen molar-refractivity contribution in [2.45, 2.75) is 39.7 Å². The summed E-state index contributed by atoms with van der Waals surface area (Å²) in [6, 6.07) is 16.4. The van der Waals surface area contributed by atoms with E-state index >= 15 is 0 Å². The van der Waals surface area contributed by atoms with E-state index in [1.165, 1.54) is 0 Å². The number of nitrogens with zero attached hydrogens (tertiary/aromatic N) is 1. The third-order valence-corrected chi connectivity index (χ3v) is 5.78. The largest absolute Gasteiger partial charge is 0.497 e. The molecule has 0 bridgehead atoms. The summed E-state index contributed by atoms with van der Waals surface area (Å²) in [7, 11) is 1.67. The summed E-state index contributed by atoms with van der Waals surface area (Å²) in [4.78, 5) is 15.7. The number of fused-ring (bicyclic) bond motifs is 1. The van der Waals surface area contributed by atoms with E-state index in [-0.39, 0.29) is 17.2 Å². The van der Waals surface area contributed by atoms with Crippen molar-refractivity contribution in [3.05, 3.63) is 65.4 Å². The maximum atomic E-state index is 13.4. The zero-order valence-electron chi connectivity index (χ0n) is 17.1. The molecule has 2 aromatic carbocycles. The van der Waals surface area contributed by atoms with E-state index in [0.717, 1.165) is 46.9 Å². The molecule has 1 aliphatic heterocycles. The van der Waals surface area contributed by atoms with Crippen molar-refractivity contribution >= 4 is 17.2 Å². The average Bonchev–Trinajstić information content (AvgIpc) is 2.81. The molecule has 4 heteroatoms. The molecule has 1 N–H and O–H groups in total. The van der Waals surface area contributed by atoms with E-state index in [4.69, 9.17) is 4.74 Å². The number of methoxy groups -OCH3 is 1. The predicted molar refractivity (Wildman–Crippen MR) is 114 cm³/mol. The minimum Gasteiger partial charge on any atom is -0.497 e. The number of carbonyl (C=O) groups excluding carboxylic acids is 1. The Morgan fingerprint density at radius 3 is 2.50 bits per heavy atom. The van der Waals surface area contributed by atoms with E-state index in [0.29, 0.717) is 6.42 Å². The molecule has 4 rings (SSSR count). The normalized spacial score (nSPS) is 20.8. The SMILES string of the molecule is CCN1c2ccccc2NC2=C(C(=O)CC(C)(C)C2)C1c1ccc(OC)cc1. The van der Waals surface area contributed by atoms with Gasteiger partial charge >= 0.3 is 0 Å². The number of allylic oxidation sites excluding steroid dienone is 1. The quantitative estimate of drug-likeness (QED) is 0.786. The van der Waals surface area contributed by atoms with E-state index in [1.807, 2.05) is 18.2 Å². The number of hydrogen-bond acceptors (Lipinski definition) is 4. The fraction of sp³-hybridized carbons (Fsp3) is 0.375. The number of hydrogen-bond donors (Lipinski definition) is 1. The average molecular weight is 377 g/mol. The number of carbonyl (C=O) groups is 1. The molecule has 0 saturated carbocycles. The first kappa shape index (κ1) is 18.6. The van der Waals surface area contributed by atoms with Crippen molar-refractivity contribution < 1.29 is 9.53 Å². The highest BCUT2D eigenvalue weighted by Crippen LogP contribution is 2.48. The highest BCUT2D eigenvalue weighted by molar-refractivity contribution is 6.01. The second kappa shape index (κ2) is 7.01. The minimum absolute atomic E-state index is 0.0380. The first-order valence-electron chi connectivity index (χ1n) is 9.96.